The Kier molecular flexibility index (Phi) is 6.37. The predicted octanol–water partition coefficient (Wildman–Crippen LogP) is 4.38. The van der Waals surface area contributed by atoms with E-state index in [4.69, 9.17) is 17.3 Å². The van der Waals surface area contributed by atoms with Crippen LogP contribution >= 0.6 is 11.6 Å². The predicted molar refractivity (Wildman–Crippen MR) is 129 cm³/mol. The van der Waals surface area contributed by atoms with Gasteiger partial charge in [-0.25, -0.2) is 9.97 Å². The van der Waals surface area contributed by atoms with Gasteiger partial charge < -0.3 is 20.9 Å². The van der Waals surface area contributed by atoms with Crippen LogP contribution in [-0.4, -0.2) is 26.3 Å². The quantitative estimate of drug-likeness (QED) is 0.395. The Morgan fingerprint density at radius 3 is 2.45 bits per heavy atom. The summed E-state index contributed by atoms with van der Waals surface area (Å²) in [5.74, 6) is 0.0661. The number of carbonyl (C=O) groups is 2. The number of aromatic nitrogens is 3. The fraction of sp³-hybridized carbons (Fsp3) is 0.0833. The van der Waals surface area contributed by atoms with Crippen molar-refractivity contribution >= 4 is 40.9 Å². The molecule has 0 fully saturated rings. The van der Waals surface area contributed by atoms with Crippen LogP contribution in [0.25, 0.3) is 0 Å². The number of aryl methyl sites for hydroxylation is 1. The molecule has 9 heteroatoms. The molecule has 2 amide bonds. The van der Waals surface area contributed by atoms with Gasteiger partial charge in [-0.2, -0.15) is 0 Å². The molecule has 0 atom stereocenters. The highest BCUT2D eigenvalue weighted by molar-refractivity contribution is 6.30. The summed E-state index contributed by atoms with van der Waals surface area (Å²) >= 11 is 5.85. The maximum atomic E-state index is 12.9. The summed E-state index contributed by atoms with van der Waals surface area (Å²) in [6.07, 6.45) is 4.87. The first-order valence-corrected chi connectivity index (χ1v) is 10.5. The molecule has 4 aromatic rings. The second-order valence-electron chi connectivity index (χ2n) is 7.43. The summed E-state index contributed by atoms with van der Waals surface area (Å²) < 4.78 is 1.81. The summed E-state index contributed by atoms with van der Waals surface area (Å²) in [4.78, 5) is 33.8. The number of carbonyl (C=O) groups excluding carboxylic acids is 2. The SMILES string of the molecule is Cc1ccc(NC(=O)c2ccc(Cn3ccnc3N)cc2)c(C(=O)Nc2ccc(Cl)cn2)c1. The molecule has 0 aliphatic heterocycles. The van der Waals surface area contributed by atoms with Gasteiger partial charge in [0.15, 0.2) is 5.95 Å². The molecule has 4 N–H and O–H groups in total. The molecule has 0 aliphatic carbocycles. The number of halogens is 1. The first-order valence-electron chi connectivity index (χ1n) is 10.1. The normalized spacial score (nSPS) is 10.6. The van der Waals surface area contributed by atoms with Gasteiger partial charge in [0.25, 0.3) is 11.8 Å². The molecular weight excluding hydrogens is 440 g/mol. The van der Waals surface area contributed by atoms with E-state index in [-0.39, 0.29) is 5.91 Å². The highest BCUT2D eigenvalue weighted by Gasteiger charge is 2.16. The van der Waals surface area contributed by atoms with E-state index >= 15 is 0 Å². The number of nitrogens with one attached hydrogen (secondary N) is 2. The smallest absolute Gasteiger partial charge is 0.258 e. The van der Waals surface area contributed by atoms with Gasteiger partial charge in [-0.3, -0.25) is 9.59 Å². The van der Waals surface area contributed by atoms with E-state index in [1.54, 1.807) is 48.8 Å². The second kappa shape index (κ2) is 9.54. The average molecular weight is 461 g/mol. The van der Waals surface area contributed by atoms with Crippen LogP contribution in [0.15, 0.2) is 73.2 Å². The molecule has 0 aliphatic rings. The molecular formula is C24H21ClN6O2. The number of anilines is 3. The number of nitrogen functional groups attached to an aromatic ring is 1. The van der Waals surface area contributed by atoms with Crippen molar-refractivity contribution in [2.24, 2.45) is 0 Å². The number of imidazole rings is 1. The molecule has 0 unspecified atom stereocenters. The zero-order valence-electron chi connectivity index (χ0n) is 17.7. The fourth-order valence-electron chi connectivity index (χ4n) is 3.22. The summed E-state index contributed by atoms with van der Waals surface area (Å²) in [6, 6.07) is 15.6. The summed E-state index contributed by atoms with van der Waals surface area (Å²) in [5.41, 5.74) is 8.84. The third-order valence-electron chi connectivity index (χ3n) is 4.95. The minimum absolute atomic E-state index is 0.326. The van der Waals surface area contributed by atoms with Gasteiger partial charge in [0.1, 0.15) is 5.82 Å². The standard InChI is InChI=1S/C24H21ClN6O2/c1-15-2-8-20(19(12-15)23(33)30-21-9-7-18(25)13-28-21)29-22(32)17-5-3-16(4-6-17)14-31-11-10-27-24(31)26/h2-13H,14H2,1H3,(H2,26,27)(H,29,32)(H,28,30,33). The molecule has 4 rings (SSSR count). The molecule has 166 valence electrons. The van der Waals surface area contributed by atoms with Crippen molar-refractivity contribution in [3.05, 3.63) is 100 Å². The maximum Gasteiger partial charge on any atom is 0.258 e. The first-order chi connectivity index (χ1) is 15.9. The molecule has 2 heterocycles. The van der Waals surface area contributed by atoms with Gasteiger partial charge in [-0.15, -0.1) is 0 Å². The van der Waals surface area contributed by atoms with E-state index in [9.17, 15) is 9.59 Å². The lowest BCUT2D eigenvalue weighted by Gasteiger charge is -2.13. The van der Waals surface area contributed by atoms with Gasteiger partial charge >= 0.3 is 0 Å². The number of nitrogens with two attached hydrogens (primary N) is 1. The summed E-state index contributed by atoms with van der Waals surface area (Å²) in [6.45, 7) is 2.42. The Labute approximate surface area is 195 Å². The molecule has 0 radical (unpaired) electrons. The van der Waals surface area contributed by atoms with Crippen LogP contribution < -0.4 is 16.4 Å². The molecule has 2 aromatic heterocycles. The lowest BCUT2D eigenvalue weighted by molar-refractivity contribution is 0.102. The number of amides is 2. The van der Waals surface area contributed by atoms with Crippen LogP contribution in [0.3, 0.4) is 0 Å². The monoisotopic (exact) mass is 460 g/mol. The number of benzene rings is 2. The van der Waals surface area contributed by atoms with Gasteiger partial charge in [0, 0.05) is 24.2 Å². The zero-order chi connectivity index (χ0) is 23.4. The van der Waals surface area contributed by atoms with Crippen molar-refractivity contribution in [1.82, 2.24) is 14.5 Å². The third-order valence-corrected chi connectivity index (χ3v) is 5.18. The summed E-state index contributed by atoms with van der Waals surface area (Å²) in [7, 11) is 0. The lowest BCUT2D eigenvalue weighted by atomic mass is 10.1. The van der Waals surface area contributed by atoms with Gasteiger partial charge in [-0.05, 0) is 48.9 Å². The Hall–Kier alpha value is -4.17. The minimum atomic E-state index is -0.392. The van der Waals surface area contributed by atoms with Crippen molar-refractivity contribution < 1.29 is 9.59 Å². The number of nitrogens with zero attached hydrogens (tertiary/aromatic N) is 3. The zero-order valence-corrected chi connectivity index (χ0v) is 18.5. The minimum Gasteiger partial charge on any atom is -0.369 e. The van der Waals surface area contributed by atoms with Crippen molar-refractivity contribution in [2.45, 2.75) is 13.5 Å². The highest BCUT2D eigenvalue weighted by Crippen LogP contribution is 2.21. The average Bonchev–Trinajstić information content (AvgIpc) is 3.21. The van der Waals surface area contributed by atoms with E-state index < -0.39 is 5.91 Å². The van der Waals surface area contributed by atoms with Crippen LogP contribution in [-0.2, 0) is 6.54 Å². The van der Waals surface area contributed by atoms with Gasteiger partial charge in [0.05, 0.1) is 22.8 Å². The van der Waals surface area contributed by atoms with Crippen molar-refractivity contribution in [3.63, 3.8) is 0 Å². The van der Waals surface area contributed by atoms with Crippen LogP contribution in [0.5, 0.6) is 0 Å². The number of rotatable bonds is 6. The van der Waals surface area contributed by atoms with Gasteiger partial charge in [-0.1, -0.05) is 35.4 Å². The molecule has 0 bridgehead atoms. The van der Waals surface area contributed by atoms with E-state index in [2.05, 4.69) is 20.6 Å². The molecule has 33 heavy (non-hydrogen) atoms. The Morgan fingerprint density at radius 1 is 1.00 bits per heavy atom. The lowest BCUT2D eigenvalue weighted by Crippen LogP contribution is -2.19. The molecule has 0 saturated heterocycles. The van der Waals surface area contributed by atoms with Crippen LogP contribution in [0, 0.1) is 6.92 Å². The van der Waals surface area contributed by atoms with Crippen molar-refractivity contribution in [1.29, 1.82) is 0 Å². The van der Waals surface area contributed by atoms with E-state index in [0.29, 0.717) is 40.1 Å². The maximum absolute atomic E-state index is 12.9. The number of hydrogen-bond donors (Lipinski definition) is 3. The first kappa shape index (κ1) is 22.0. The number of pyridine rings is 1. The highest BCUT2D eigenvalue weighted by atomic mass is 35.5. The van der Waals surface area contributed by atoms with Crippen LogP contribution in [0.2, 0.25) is 5.02 Å². The molecule has 0 spiro atoms. The molecule has 2 aromatic carbocycles. The van der Waals surface area contributed by atoms with Crippen LogP contribution in [0.1, 0.15) is 31.8 Å². The Bertz CT molecular complexity index is 1300. The fourth-order valence-corrected chi connectivity index (χ4v) is 3.33. The number of hydrogen-bond acceptors (Lipinski definition) is 5. The van der Waals surface area contributed by atoms with E-state index in [0.717, 1.165) is 11.1 Å². The van der Waals surface area contributed by atoms with Crippen molar-refractivity contribution in [2.75, 3.05) is 16.4 Å². The largest absolute Gasteiger partial charge is 0.369 e. The van der Waals surface area contributed by atoms with E-state index in [1.165, 1.54) is 6.20 Å². The Morgan fingerprint density at radius 2 is 1.79 bits per heavy atom. The Balaban J connectivity index is 1.49. The third kappa shape index (κ3) is 5.36. The summed E-state index contributed by atoms with van der Waals surface area (Å²) in [5, 5.41) is 6.02. The second-order valence-corrected chi connectivity index (χ2v) is 7.87. The molecule has 0 saturated carbocycles. The van der Waals surface area contributed by atoms with Gasteiger partial charge in [0.2, 0.25) is 0 Å². The van der Waals surface area contributed by atoms with Crippen molar-refractivity contribution in [3.8, 4) is 0 Å². The van der Waals surface area contributed by atoms with Crippen LogP contribution in [0.4, 0.5) is 17.5 Å². The molecule has 8 nitrogen and oxygen atoms in total. The topological polar surface area (TPSA) is 115 Å². The van der Waals surface area contributed by atoms with E-state index in [1.807, 2.05) is 29.7 Å².